The van der Waals surface area contributed by atoms with Crippen LogP contribution in [-0.4, -0.2) is 9.97 Å². The van der Waals surface area contributed by atoms with E-state index in [2.05, 4.69) is 9.97 Å². The van der Waals surface area contributed by atoms with Gasteiger partial charge < -0.3 is 5.73 Å². The van der Waals surface area contributed by atoms with Crippen LogP contribution in [0.25, 0.3) is 11.1 Å². The molecule has 2 aromatic rings. The normalized spacial score (nSPS) is 10.3. The molecule has 0 spiro atoms. The molecular weight excluding hydrogens is 186 g/mol. The third-order valence-electron chi connectivity index (χ3n) is 2.35. The highest BCUT2D eigenvalue weighted by atomic mass is 14.8. The van der Waals surface area contributed by atoms with Gasteiger partial charge in [0, 0.05) is 29.2 Å². The monoisotopic (exact) mass is 199 g/mol. The van der Waals surface area contributed by atoms with Crippen molar-refractivity contribution in [2.24, 2.45) is 0 Å². The predicted octanol–water partition coefficient (Wildman–Crippen LogP) is 2.34. The lowest BCUT2D eigenvalue weighted by atomic mass is 10.0. The van der Waals surface area contributed by atoms with E-state index in [-0.39, 0.29) is 0 Å². The quantitative estimate of drug-likeness (QED) is 0.767. The number of hydrogen-bond donors (Lipinski definition) is 1. The van der Waals surface area contributed by atoms with Crippen LogP contribution >= 0.6 is 0 Å². The van der Waals surface area contributed by atoms with Gasteiger partial charge >= 0.3 is 0 Å². The summed E-state index contributed by atoms with van der Waals surface area (Å²) < 4.78 is 0. The van der Waals surface area contributed by atoms with E-state index in [1.807, 2.05) is 38.2 Å². The average molecular weight is 199 g/mol. The van der Waals surface area contributed by atoms with E-state index < -0.39 is 0 Å². The fourth-order valence-electron chi connectivity index (χ4n) is 1.51. The number of pyridine rings is 2. The second-order valence-corrected chi connectivity index (χ2v) is 3.61. The second-order valence-electron chi connectivity index (χ2n) is 3.61. The van der Waals surface area contributed by atoms with Gasteiger partial charge in [-0.1, -0.05) is 6.07 Å². The van der Waals surface area contributed by atoms with E-state index in [0.29, 0.717) is 5.82 Å². The molecule has 2 rings (SSSR count). The number of anilines is 1. The third kappa shape index (κ3) is 1.96. The van der Waals surface area contributed by atoms with Gasteiger partial charge in [-0.15, -0.1) is 0 Å². The first-order valence-electron chi connectivity index (χ1n) is 4.82. The summed E-state index contributed by atoms with van der Waals surface area (Å²) in [6, 6.07) is 5.91. The average Bonchev–Trinajstić information content (AvgIpc) is 2.20. The van der Waals surface area contributed by atoms with E-state index in [0.717, 1.165) is 22.4 Å². The van der Waals surface area contributed by atoms with Crippen LogP contribution in [0.1, 0.15) is 11.3 Å². The molecule has 0 fully saturated rings. The highest BCUT2D eigenvalue weighted by Gasteiger charge is 2.02. The summed E-state index contributed by atoms with van der Waals surface area (Å²) in [5.74, 6) is 0.552. The Morgan fingerprint density at radius 2 is 1.87 bits per heavy atom. The van der Waals surface area contributed by atoms with Crippen LogP contribution in [0.15, 0.2) is 30.6 Å². The molecule has 0 aromatic carbocycles. The molecule has 0 saturated heterocycles. The minimum Gasteiger partial charge on any atom is -0.384 e. The number of nitrogens with zero attached hydrogens (tertiary/aromatic N) is 2. The summed E-state index contributed by atoms with van der Waals surface area (Å²) >= 11 is 0. The topological polar surface area (TPSA) is 51.8 Å². The van der Waals surface area contributed by atoms with Gasteiger partial charge in [0.25, 0.3) is 0 Å². The lowest BCUT2D eigenvalue weighted by Crippen LogP contribution is -1.93. The Morgan fingerprint density at radius 3 is 2.47 bits per heavy atom. The van der Waals surface area contributed by atoms with Crippen molar-refractivity contribution in [2.75, 3.05) is 5.73 Å². The molecule has 0 aliphatic carbocycles. The number of aryl methyl sites for hydroxylation is 2. The standard InChI is InChI=1S/C12H13N3/c1-8-5-12(13)15-7-11(8)10-4-3-9(2)14-6-10/h3-7H,1-2H3,(H2,13,15). The van der Waals surface area contributed by atoms with Gasteiger partial charge in [0.1, 0.15) is 5.82 Å². The number of nitrogen functional groups attached to an aromatic ring is 1. The van der Waals surface area contributed by atoms with E-state index in [1.165, 1.54) is 0 Å². The number of hydrogen-bond acceptors (Lipinski definition) is 3. The van der Waals surface area contributed by atoms with Crippen LogP contribution in [0, 0.1) is 13.8 Å². The molecule has 0 saturated carbocycles. The minimum absolute atomic E-state index is 0.552. The smallest absolute Gasteiger partial charge is 0.123 e. The van der Waals surface area contributed by atoms with Crippen molar-refractivity contribution in [1.29, 1.82) is 0 Å². The predicted molar refractivity (Wildman–Crippen MR) is 61.4 cm³/mol. The van der Waals surface area contributed by atoms with Gasteiger partial charge in [0.15, 0.2) is 0 Å². The SMILES string of the molecule is Cc1ccc(-c2cnc(N)cc2C)cn1. The van der Waals surface area contributed by atoms with E-state index in [1.54, 1.807) is 6.20 Å². The number of rotatable bonds is 1. The summed E-state index contributed by atoms with van der Waals surface area (Å²) in [6.45, 7) is 3.99. The molecule has 0 atom stereocenters. The third-order valence-corrected chi connectivity index (χ3v) is 2.35. The first kappa shape index (κ1) is 9.65. The minimum atomic E-state index is 0.552. The van der Waals surface area contributed by atoms with Gasteiger partial charge in [-0.05, 0) is 31.5 Å². The lowest BCUT2D eigenvalue weighted by molar-refractivity contribution is 1.20. The Bertz CT molecular complexity index is 475. The van der Waals surface area contributed by atoms with Crippen LogP contribution in [0.2, 0.25) is 0 Å². The highest BCUT2D eigenvalue weighted by molar-refractivity contribution is 5.66. The molecule has 3 nitrogen and oxygen atoms in total. The van der Waals surface area contributed by atoms with Crippen LogP contribution in [0.5, 0.6) is 0 Å². The molecule has 0 aliphatic rings. The summed E-state index contributed by atoms with van der Waals surface area (Å²) in [4.78, 5) is 8.35. The maximum absolute atomic E-state index is 5.60. The van der Waals surface area contributed by atoms with Gasteiger partial charge in [-0.3, -0.25) is 4.98 Å². The first-order valence-corrected chi connectivity index (χ1v) is 4.82. The fraction of sp³-hybridized carbons (Fsp3) is 0.167. The Kier molecular flexibility index (Phi) is 2.37. The van der Waals surface area contributed by atoms with Gasteiger partial charge in [-0.25, -0.2) is 4.98 Å². The Balaban J connectivity index is 2.49. The summed E-state index contributed by atoms with van der Waals surface area (Å²) in [6.07, 6.45) is 3.65. The highest BCUT2D eigenvalue weighted by Crippen LogP contribution is 2.22. The maximum atomic E-state index is 5.60. The summed E-state index contributed by atoms with van der Waals surface area (Å²) in [5.41, 5.74) is 9.89. The molecule has 2 heterocycles. The van der Waals surface area contributed by atoms with E-state index in [9.17, 15) is 0 Å². The fourth-order valence-corrected chi connectivity index (χ4v) is 1.51. The number of nitrogens with two attached hydrogens (primary N) is 1. The number of aromatic nitrogens is 2. The molecule has 76 valence electrons. The van der Waals surface area contributed by atoms with E-state index >= 15 is 0 Å². The van der Waals surface area contributed by atoms with Crippen LogP contribution in [0.3, 0.4) is 0 Å². The Morgan fingerprint density at radius 1 is 1.07 bits per heavy atom. The van der Waals surface area contributed by atoms with Crippen molar-refractivity contribution >= 4 is 5.82 Å². The van der Waals surface area contributed by atoms with Crippen molar-refractivity contribution in [3.63, 3.8) is 0 Å². The zero-order chi connectivity index (χ0) is 10.8. The van der Waals surface area contributed by atoms with Crippen molar-refractivity contribution in [1.82, 2.24) is 9.97 Å². The molecule has 3 heteroatoms. The molecule has 0 radical (unpaired) electrons. The molecule has 0 bridgehead atoms. The van der Waals surface area contributed by atoms with Crippen LogP contribution in [-0.2, 0) is 0 Å². The second kappa shape index (κ2) is 3.69. The van der Waals surface area contributed by atoms with Crippen LogP contribution in [0.4, 0.5) is 5.82 Å². The van der Waals surface area contributed by atoms with Crippen LogP contribution < -0.4 is 5.73 Å². The molecule has 2 aromatic heterocycles. The Labute approximate surface area is 89.0 Å². The maximum Gasteiger partial charge on any atom is 0.123 e. The zero-order valence-electron chi connectivity index (χ0n) is 8.86. The molecule has 15 heavy (non-hydrogen) atoms. The van der Waals surface area contributed by atoms with Crippen molar-refractivity contribution in [3.05, 3.63) is 41.9 Å². The van der Waals surface area contributed by atoms with Crippen molar-refractivity contribution in [3.8, 4) is 11.1 Å². The lowest BCUT2D eigenvalue weighted by Gasteiger charge is -2.05. The van der Waals surface area contributed by atoms with Gasteiger partial charge in [-0.2, -0.15) is 0 Å². The Hall–Kier alpha value is -1.90. The molecule has 2 N–H and O–H groups in total. The van der Waals surface area contributed by atoms with Gasteiger partial charge in [0.2, 0.25) is 0 Å². The van der Waals surface area contributed by atoms with Crippen molar-refractivity contribution < 1.29 is 0 Å². The summed E-state index contributed by atoms with van der Waals surface area (Å²) in [5, 5.41) is 0. The molecule has 0 aliphatic heterocycles. The molecule has 0 amide bonds. The molecule has 0 unspecified atom stereocenters. The first-order chi connectivity index (χ1) is 7.16. The summed E-state index contributed by atoms with van der Waals surface area (Å²) in [7, 11) is 0. The largest absolute Gasteiger partial charge is 0.384 e. The zero-order valence-corrected chi connectivity index (χ0v) is 8.86. The van der Waals surface area contributed by atoms with Gasteiger partial charge in [0.05, 0.1) is 0 Å². The molecular formula is C12H13N3. The van der Waals surface area contributed by atoms with E-state index in [4.69, 9.17) is 5.73 Å². The van der Waals surface area contributed by atoms with Crippen molar-refractivity contribution in [2.45, 2.75) is 13.8 Å².